The first-order valence-electron chi connectivity index (χ1n) is 9.66. The molecule has 0 aliphatic carbocycles. The van der Waals surface area contributed by atoms with E-state index in [1.807, 2.05) is 18.2 Å². The molecule has 0 amide bonds. The minimum Gasteiger partial charge on any atom is -0.507 e. The number of hydrogen-bond donors (Lipinski definition) is 2. The lowest BCUT2D eigenvalue weighted by Gasteiger charge is -2.28. The standard InChI is InChI=1S/C21H22N4O3/c1-12-22-11-20(27-12)13-2-5-17(19(26)8-13)18-6-7-21(25-24-18)28-16-9-14-3-4-15(10-16)23-14/h2,5-8,11,14-16,23,26H,3-4,9-10H2,1H3/t14-,15+,16?. The van der Waals surface area contributed by atoms with Gasteiger partial charge in [0.25, 0.3) is 0 Å². The van der Waals surface area contributed by atoms with Crippen molar-refractivity contribution in [1.82, 2.24) is 20.5 Å². The van der Waals surface area contributed by atoms with Gasteiger partial charge in [-0.25, -0.2) is 4.98 Å². The first kappa shape index (κ1) is 17.2. The summed E-state index contributed by atoms with van der Waals surface area (Å²) in [5.41, 5.74) is 1.96. The fourth-order valence-corrected chi connectivity index (χ4v) is 4.19. The van der Waals surface area contributed by atoms with Crippen LogP contribution in [-0.2, 0) is 0 Å². The zero-order valence-electron chi connectivity index (χ0n) is 15.6. The normalized spacial score (nSPS) is 23.7. The van der Waals surface area contributed by atoms with E-state index in [-0.39, 0.29) is 11.9 Å². The van der Waals surface area contributed by atoms with Crippen LogP contribution in [0.1, 0.15) is 31.6 Å². The zero-order chi connectivity index (χ0) is 19.1. The van der Waals surface area contributed by atoms with Gasteiger partial charge in [-0.05, 0) is 43.9 Å². The van der Waals surface area contributed by atoms with Gasteiger partial charge in [0, 0.05) is 36.2 Å². The molecule has 0 spiro atoms. The third-order valence-electron chi connectivity index (χ3n) is 5.54. The number of piperidine rings is 1. The molecule has 1 aromatic carbocycles. The molecular weight excluding hydrogens is 356 g/mol. The number of aromatic hydroxyl groups is 1. The van der Waals surface area contributed by atoms with Crippen LogP contribution in [0.2, 0.25) is 0 Å². The molecule has 144 valence electrons. The van der Waals surface area contributed by atoms with Crippen LogP contribution in [-0.4, -0.2) is 38.5 Å². The molecule has 2 aliphatic heterocycles. The summed E-state index contributed by atoms with van der Waals surface area (Å²) in [5.74, 6) is 1.85. The Morgan fingerprint density at radius 1 is 1.11 bits per heavy atom. The van der Waals surface area contributed by atoms with Crippen LogP contribution in [0.3, 0.4) is 0 Å². The molecule has 2 aliphatic rings. The fraction of sp³-hybridized carbons (Fsp3) is 0.381. The quantitative estimate of drug-likeness (QED) is 0.718. The van der Waals surface area contributed by atoms with Crippen LogP contribution in [0, 0.1) is 6.92 Å². The van der Waals surface area contributed by atoms with Gasteiger partial charge in [-0.2, -0.15) is 0 Å². The Kier molecular flexibility index (Phi) is 4.24. The average Bonchev–Trinajstić information content (AvgIpc) is 3.27. The van der Waals surface area contributed by atoms with Crippen LogP contribution in [0.15, 0.2) is 40.9 Å². The lowest BCUT2D eigenvalue weighted by atomic mass is 10.0. The Hall–Kier alpha value is -2.93. The lowest BCUT2D eigenvalue weighted by molar-refractivity contribution is 0.130. The number of oxazole rings is 1. The summed E-state index contributed by atoms with van der Waals surface area (Å²) in [6.45, 7) is 1.78. The predicted octanol–water partition coefficient (Wildman–Crippen LogP) is 3.47. The van der Waals surface area contributed by atoms with E-state index in [9.17, 15) is 5.11 Å². The predicted molar refractivity (Wildman–Crippen MR) is 103 cm³/mol. The molecule has 1 unspecified atom stereocenters. The van der Waals surface area contributed by atoms with E-state index in [0.29, 0.717) is 40.9 Å². The van der Waals surface area contributed by atoms with Gasteiger partial charge in [0.2, 0.25) is 5.88 Å². The van der Waals surface area contributed by atoms with E-state index in [4.69, 9.17) is 9.15 Å². The van der Waals surface area contributed by atoms with Crippen molar-refractivity contribution in [2.45, 2.75) is 50.8 Å². The number of aryl methyl sites for hydroxylation is 1. The monoisotopic (exact) mass is 378 g/mol. The second kappa shape index (κ2) is 6.91. The summed E-state index contributed by atoms with van der Waals surface area (Å²) >= 11 is 0. The van der Waals surface area contributed by atoms with Gasteiger partial charge >= 0.3 is 0 Å². The Labute approximate surface area is 162 Å². The Morgan fingerprint density at radius 3 is 2.57 bits per heavy atom. The summed E-state index contributed by atoms with van der Waals surface area (Å²) < 4.78 is 11.5. The van der Waals surface area contributed by atoms with Crippen molar-refractivity contribution in [3.05, 3.63) is 42.4 Å². The maximum Gasteiger partial charge on any atom is 0.233 e. The SMILES string of the molecule is Cc1ncc(-c2ccc(-c3ccc(OC4C[C@H]5CC[C@@H](C4)N5)nn3)c(O)c2)o1. The molecule has 3 atom stereocenters. The topological polar surface area (TPSA) is 93.3 Å². The summed E-state index contributed by atoms with van der Waals surface area (Å²) in [5, 5.41) is 22.5. The first-order valence-corrected chi connectivity index (χ1v) is 9.66. The third kappa shape index (κ3) is 3.33. The lowest BCUT2D eigenvalue weighted by Crippen LogP contribution is -2.42. The van der Waals surface area contributed by atoms with E-state index in [1.54, 1.807) is 25.3 Å². The van der Waals surface area contributed by atoms with Gasteiger partial charge in [-0.1, -0.05) is 6.07 Å². The van der Waals surface area contributed by atoms with Crippen LogP contribution < -0.4 is 10.1 Å². The number of rotatable bonds is 4. The average molecular weight is 378 g/mol. The number of nitrogens with zero attached hydrogens (tertiary/aromatic N) is 3. The second-order valence-corrected chi connectivity index (χ2v) is 7.58. The van der Waals surface area contributed by atoms with Gasteiger partial charge in [-0.3, -0.25) is 0 Å². The van der Waals surface area contributed by atoms with Crippen LogP contribution in [0.4, 0.5) is 0 Å². The summed E-state index contributed by atoms with van der Waals surface area (Å²) in [6.07, 6.45) is 6.34. The largest absolute Gasteiger partial charge is 0.507 e. The van der Waals surface area contributed by atoms with Crippen molar-refractivity contribution in [1.29, 1.82) is 0 Å². The number of ether oxygens (including phenoxy) is 1. The summed E-state index contributed by atoms with van der Waals surface area (Å²) in [6, 6.07) is 10.1. The highest BCUT2D eigenvalue weighted by atomic mass is 16.5. The number of fused-ring (bicyclic) bond motifs is 2. The van der Waals surface area contributed by atoms with E-state index in [2.05, 4.69) is 20.5 Å². The van der Waals surface area contributed by atoms with Crippen molar-refractivity contribution in [2.24, 2.45) is 0 Å². The van der Waals surface area contributed by atoms with Gasteiger partial charge in [0.05, 0.1) is 11.9 Å². The highest BCUT2D eigenvalue weighted by Crippen LogP contribution is 2.33. The molecule has 2 N–H and O–H groups in total. The number of aromatic nitrogens is 3. The molecule has 3 aromatic rings. The molecule has 4 heterocycles. The molecule has 2 fully saturated rings. The molecule has 7 nitrogen and oxygen atoms in total. The third-order valence-corrected chi connectivity index (χ3v) is 5.54. The summed E-state index contributed by atoms with van der Waals surface area (Å²) in [7, 11) is 0. The zero-order valence-corrected chi connectivity index (χ0v) is 15.6. The van der Waals surface area contributed by atoms with E-state index >= 15 is 0 Å². The van der Waals surface area contributed by atoms with Crippen molar-refractivity contribution in [3.63, 3.8) is 0 Å². The number of phenolic OH excluding ortho intramolecular Hbond substituents is 1. The minimum atomic E-state index is 0.115. The Morgan fingerprint density at radius 2 is 1.93 bits per heavy atom. The highest BCUT2D eigenvalue weighted by Gasteiger charge is 2.34. The fourth-order valence-electron chi connectivity index (χ4n) is 4.19. The van der Waals surface area contributed by atoms with Crippen molar-refractivity contribution < 1.29 is 14.3 Å². The molecule has 28 heavy (non-hydrogen) atoms. The van der Waals surface area contributed by atoms with E-state index < -0.39 is 0 Å². The number of phenols is 1. The van der Waals surface area contributed by atoms with Crippen LogP contribution in [0.25, 0.3) is 22.6 Å². The molecule has 5 rings (SSSR count). The van der Waals surface area contributed by atoms with Crippen LogP contribution in [0.5, 0.6) is 11.6 Å². The number of benzene rings is 1. The molecular formula is C21H22N4O3. The highest BCUT2D eigenvalue weighted by molar-refractivity contribution is 5.72. The van der Waals surface area contributed by atoms with Gasteiger partial charge < -0.3 is 19.6 Å². The Balaban J connectivity index is 1.31. The Bertz CT molecular complexity index is 974. The number of nitrogens with one attached hydrogen (secondary N) is 1. The maximum absolute atomic E-state index is 10.4. The van der Waals surface area contributed by atoms with Gasteiger partial charge in [0.1, 0.15) is 11.9 Å². The number of hydrogen-bond acceptors (Lipinski definition) is 7. The van der Waals surface area contributed by atoms with Gasteiger partial charge in [0.15, 0.2) is 11.7 Å². The maximum atomic E-state index is 10.4. The van der Waals surface area contributed by atoms with E-state index in [0.717, 1.165) is 18.4 Å². The minimum absolute atomic E-state index is 0.115. The van der Waals surface area contributed by atoms with Crippen molar-refractivity contribution in [2.75, 3.05) is 0 Å². The molecule has 2 saturated heterocycles. The summed E-state index contributed by atoms with van der Waals surface area (Å²) in [4.78, 5) is 4.09. The molecule has 0 saturated carbocycles. The van der Waals surface area contributed by atoms with Gasteiger partial charge in [-0.15, -0.1) is 10.2 Å². The smallest absolute Gasteiger partial charge is 0.233 e. The molecule has 7 heteroatoms. The van der Waals surface area contributed by atoms with E-state index in [1.165, 1.54) is 12.8 Å². The van der Waals surface area contributed by atoms with Crippen molar-refractivity contribution >= 4 is 0 Å². The molecule has 0 radical (unpaired) electrons. The molecule has 2 bridgehead atoms. The first-order chi connectivity index (χ1) is 13.6. The molecule has 2 aromatic heterocycles. The second-order valence-electron chi connectivity index (χ2n) is 7.58. The van der Waals surface area contributed by atoms with Crippen LogP contribution >= 0.6 is 0 Å². The van der Waals surface area contributed by atoms with Crippen molar-refractivity contribution in [3.8, 4) is 34.2 Å².